The first kappa shape index (κ1) is 25.7. The highest BCUT2D eigenvalue weighted by atomic mass is 32.2. The predicted molar refractivity (Wildman–Crippen MR) is 133 cm³/mol. The zero-order valence-corrected chi connectivity index (χ0v) is 20.5. The highest BCUT2D eigenvalue weighted by molar-refractivity contribution is 8.14. The summed E-state index contributed by atoms with van der Waals surface area (Å²) in [4.78, 5) is 2.00. The van der Waals surface area contributed by atoms with Crippen molar-refractivity contribution < 1.29 is 20.1 Å². The van der Waals surface area contributed by atoms with Crippen molar-refractivity contribution in [3.63, 3.8) is 0 Å². The third kappa shape index (κ3) is 6.46. The van der Waals surface area contributed by atoms with E-state index in [4.69, 9.17) is 4.74 Å². The van der Waals surface area contributed by atoms with Gasteiger partial charge in [0.25, 0.3) is 0 Å². The van der Waals surface area contributed by atoms with Crippen LogP contribution in [0, 0.1) is 0 Å². The molecule has 0 amide bonds. The Morgan fingerprint density at radius 3 is 2.44 bits per heavy atom. The van der Waals surface area contributed by atoms with Crippen LogP contribution < -0.4 is 15.1 Å². The summed E-state index contributed by atoms with van der Waals surface area (Å²) in [6.07, 6.45) is 0. The van der Waals surface area contributed by atoms with E-state index in [1.54, 1.807) is 13.2 Å². The molecule has 2 rings (SSSR count). The smallest absolute Gasteiger partial charge is 0.142 e. The SMILES string of the molecule is COc1ccc(C(C)/C(=N\NCc2cc(C(C)C)c(O)cc2O)SCCO)cc1N(C)C. The fourth-order valence-corrected chi connectivity index (χ4v) is 4.14. The normalized spacial score (nSPS) is 12.7. The van der Waals surface area contributed by atoms with Crippen molar-refractivity contribution in [3.05, 3.63) is 47.0 Å². The van der Waals surface area contributed by atoms with E-state index in [1.807, 2.05) is 45.0 Å². The Labute approximate surface area is 195 Å². The van der Waals surface area contributed by atoms with Crippen LogP contribution in [0.2, 0.25) is 0 Å². The van der Waals surface area contributed by atoms with Crippen molar-refractivity contribution in [2.24, 2.45) is 5.10 Å². The topological polar surface area (TPSA) is 97.5 Å². The molecule has 0 aromatic heterocycles. The summed E-state index contributed by atoms with van der Waals surface area (Å²) in [5.74, 6) is 1.57. The summed E-state index contributed by atoms with van der Waals surface area (Å²) in [5, 5.41) is 35.0. The van der Waals surface area contributed by atoms with Crippen LogP contribution in [0.4, 0.5) is 5.69 Å². The highest BCUT2D eigenvalue weighted by Gasteiger charge is 2.17. The fourth-order valence-electron chi connectivity index (χ4n) is 3.32. The summed E-state index contributed by atoms with van der Waals surface area (Å²) in [6, 6.07) is 9.23. The molecule has 2 aromatic carbocycles. The molecule has 0 aliphatic carbocycles. The zero-order valence-electron chi connectivity index (χ0n) is 19.7. The first-order valence-corrected chi connectivity index (χ1v) is 11.6. The lowest BCUT2D eigenvalue weighted by Gasteiger charge is -2.21. The highest BCUT2D eigenvalue weighted by Crippen LogP contribution is 2.34. The molecule has 1 atom stereocenters. The number of rotatable bonds is 10. The maximum atomic E-state index is 10.2. The number of hydrogen-bond donors (Lipinski definition) is 4. The van der Waals surface area contributed by atoms with Crippen molar-refractivity contribution in [2.45, 2.75) is 39.2 Å². The van der Waals surface area contributed by atoms with Crippen molar-refractivity contribution >= 4 is 22.5 Å². The predicted octanol–water partition coefficient (Wildman–Crippen LogP) is 4.23. The van der Waals surface area contributed by atoms with Crippen molar-refractivity contribution in [1.82, 2.24) is 5.43 Å². The van der Waals surface area contributed by atoms with Crippen LogP contribution in [0.15, 0.2) is 35.4 Å². The molecule has 0 saturated carbocycles. The number of phenolic OH excluding ortho intramolecular Hbond substituents is 2. The molecule has 2 aromatic rings. The van der Waals surface area contributed by atoms with Crippen LogP contribution in [0.3, 0.4) is 0 Å². The second-order valence-electron chi connectivity index (χ2n) is 8.10. The number of aliphatic hydroxyl groups is 1. The first-order valence-electron chi connectivity index (χ1n) is 10.6. The quantitative estimate of drug-likeness (QED) is 0.239. The molecule has 32 heavy (non-hydrogen) atoms. The van der Waals surface area contributed by atoms with Gasteiger partial charge in [-0.1, -0.05) is 26.8 Å². The van der Waals surface area contributed by atoms with E-state index in [1.165, 1.54) is 17.8 Å². The van der Waals surface area contributed by atoms with E-state index in [2.05, 4.69) is 23.5 Å². The molecule has 0 bridgehead atoms. The average molecular weight is 462 g/mol. The minimum Gasteiger partial charge on any atom is -0.508 e. The number of methoxy groups -OCH3 is 1. The average Bonchev–Trinajstić information content (AvgIpc) is 2.76. The standard InChI is InChI=1S/C24H35N3O4S/c1-15(2)19-11-18(21(29)13-22(19)30)14-25-26-24(32-10-9-28)16(3)17-7-8-23(31-6)20(12-17)27(4)5/h7-8,11-13,15-16,25,28-30H,9-10,14H2,1-6H3/b26-24+. The van der Waals surface area contributed by atoms with Gasteiger partial charge in [-0.15, -0.1) is 11.8 Å². The molecule has 0 fully saturated rings. The van der Waals surface area contributed by atoms with Crippen LogP contribution in [0.25, 0.3) is 0 Å². The number of benzene rings is 2. The maximum Gasteiger partial charge on any atom is 0.142 e. The lowest BCUT2D eigenvalue weighted by Crippen LogP contribution is -2.16. The summed E-state index contributed by atoms with van der Waals surface area (Å²) < 4.78 is 5.46. The summed E-state index contributed by atoms with van der Waals surface area (Å²) in [6.45, 7) is 6.42. The van der Waals surface area contributed by atoms with Gasteiger partial charge in [-0.25, -0.2) is 0 Å². The Hall–Kier alpha value is -2.58. The van der Waals surface area contributed by atoms with E-state index >= 15 is 0 Å². The molecule has 8 heteroatoms. The van der Waals surface area contributed by atoms with Gasteiger partial charge in [0.15, 0.2) is 0 Å². The Balaban J connectivity index is 2.26. The molecule has 7 nitrogen and oxygen atoms in total. The molecule has 0 aliphatic rings. The third-order valence-corrected chi connectivity index (χ3v) is 6.33. The monoisotopic (exact) mass is 461 g/mol. The molecule has 0 saturated heterocycles. The molecule has 4 N–H and O–H groups in total. The van der Waals surface area contributed by atoms with Gasteiger partial charge in [-0.2, -0.15) is 5.10 Å². The number of nitrogens with zero attached hydrogens (tertiary/aromatic N) is 2. The molecule has 0 aliphatic heterocycles. The Morgan fingerprint density at radius 2 is 1.84 bits per heavy atom. The second-order valence-corrected chi connectivity index (χ2v) is 9.21. The number of thioether (sulfide) groups is 1. The minimum atomic E-state index is -0.0108. The van der Waals surface area contributed by atoms with Crippen molar-refractivity contribution in [1.29, 1.82) is 0 Å². The van der Waals surface area contributed by atoms with Crippen molar-refractivity contribution in [3.8, 4) is 17.2 Å². The van der Waals surface area contributed by atoms with Gasteiger partial charge >= 0.3 is 0 Å². The van der Waals surface area contributed by atoms with Crippen LogP contribution in [0.5, 0.6) is 17.2 Å². The second kappa shape index (κ2) is 11.9. The van der Waals surface area contributed by atoms with E-state index < -0.39 is 0 Å². The Kier molecular flexibility index (Phi) is 9.53. The largest absolute Gasteiger partial charge is 0.508 e. The third-order valence-electron chi connectivity index (χ3n) is 5.21. The van der Waals surface area contributed by atoms with Crippen LogP contribution >= 0.6 is 11.8 Å². The van der Waals surface area contributed by atoms with Gasteiger partial charge in [-0.05, 0) is 35.2 Å². The number of nitrogens with one attached hydrogen (secondary N) is 1. The van der Waals surface area contributed by atoms with Gasteiger partial charge in [0, 0.05) is 37.4 Å². The summed E-state index contributed by atoms with van der Waals surface area (Å²) in [5.41, 5.74) is 6.55. The molecule has 0 spiro atoms. The maximum absolute atomic E-state index is 10.2. The first-order chi connectivity index (χ1) is 15.2. The Bertz CT molecular complexity index is 932. The molecule has 1 unspecified atom stereocenters. The summed E-state index contributed by atoms with van der Waals surface area (Å²) >= 11 is 1.49. The van der Waals surface area contributed by atoms with E-state index in [9.17, 15) is 15.3 Å². The van der Waals surface area contributed by atoms with E-state index in [-0.39, 0.29) is 29.9 Å². The number of anilines is 1. The molecule has 176 valence electrons. The Morgan fingerprint density at radius 1 is 1.12 bits per heavy atom. The molecular formula is C24H35N3O4S. The van der Waals surface area contributed by atoms with E-state index in [0.29, 0.717) is 17.9 Å². The number of aromatic hydroxyl groups is 2. The van der Waals surface area contributed by atoms with Crippen LogP contribution in [-0.4, -0.2) is 53.9 Å². The zero-order chi connectivity index (χ0) is 23.8. The van der Waals surface area contributed by atoms with Gasteiger partial charge in [-0.3, -0.25) is 0 Å². The van der Waals surface area contributed by atoms with E-state index in [0.717, 1.165) is 27.6 Å². The molecule has 0 heterocycles. The lowest BCUT2D eigenvalue weighted by atomic mass is 9.99. The molecular weight excluding hydrogens is 426 g/mol. The number of aliphatic hydroxyl groups excluding tert-OH is 1. The van der Waals surface area contributed by atoms with Gasteiger partial charge in [0.2, 0.25) is 0 Å². The molecule has 0 radical (unpaired) electrons. The number of ether oxygens (including phenoxy) is 1. The number of hydrogen-bond acceptors (Lipinski definition) is 8. The van der Waals surface area contributed by atoms with Gasteiger partial charge in [0.1, 0.15) is 22.3 Å². The minimum absolute atomic E-state index is 0.0108. The van der Waals surface area contributed by atoms with Crippen LogP contribution in [-0.2, 0) is 6.54 Å². The van der Waals surface area contributed by atoms with Gasteiger partial charge in [0.05, 0.1) is 25.9 Å². The number of phenols is 2. The van der Waals surface area contributed by atoms with Gasteiger partial charge < -0.3 is 30.4 Å². The lowest BCUT2D eigenvalue weighted by molar-refractivity contribution is 0.323. The fraction of sp³-hybridized carbons (Fsp3) is 0.458. The number of hydrazone groups is 1. The van der Waals surface area contributed by atoms with Crippen LogP contribution in [0.1, 0.15) is 49.3 Å². The van der Waals surface area contributed by atoms with Crippen molar-refractivity contribution in [2.75, 3.05) is 38.5 Å². The summed E-state index contributed by atoms with van der Waals surface area (Å²) in [7, 11) is 5.60.